The summed E-state index contributed by atoms with van der Waals surface area (Å²) in [5.41, 5.74) is 1.50. The second kappa shape index (κ2) is 6.73. The van der Waals surface area contributed by atoms with Gasteiger partial charge in [0, 0.05) is 19.4 Å². The fourth-order valence-corrected chi connectivity index (χ4v) is 2.59. The molecule has 4 nitrogen and oxygen atoms in total. The van der Waals surface area contributed by atoms with Crippen molar-refractivity contribution in [1.29, 1.82) is 0 Å². The van der Waals surface area contributed by atoms with Crippen molar-refractivity contribution in [2.75, 3.05) is 6.54 Å². The van der Waals surface area contributed by atoms with Gasteiger partial charge in [-0.3, -0.25) is 9.69 Å². The van der Waals surface area contributed by atoms with E-state index in [0.29, 0.717) is 18.7 Å². The van der Waals surface area contributed by atoms with Gasteiger partial charge in [-0.15, -0.1) is 0 Å². The number of hydrogen-bond donors (Lipinski definition) is 0. The number of ketones is 1. The first-order chi connectivity index (χ1) is 10.4. The maximum absolute atomic E-state index is 13.3. The highest BCUT2D eigenvalue weighted by Gasteiger charge is 2.33. The summed E-state index contributed by atoms with van der Waals surface area (Å²) in [5, 5.41) is 0. The number of likely N-dealkylation sites (tertiary alicyclic amines) is 1. The van der Waals surface area contributed by atoms with Crippen molar-refractivity contribution in [1.82, 2.24) is 4.90 Å². The molecule has 0 radical (unpaired) electrons. The highest BCUT2D eigenvalue weighted by Crippen LogP contribution is 2.32. The average Bonchev–Trinajstić information content (AvgIpc) is 2.46. The summed E-state index contributed by atoms with van der Waals surface area (Å²) in [4.78, 5) is 25.7. The summed E-state index contributed by atoms with van der Waals surface area (Å²) in [6, 6.07) is 3.99. The molecule has 1 aliphatic heterocycles. The standard InChI is InChI=1S/C17H20FNO3/c1-4-12(3)22-17(21)19-8-7-14(20)10-16(19)15-6-5-13(18)9-11(15)2/h4-6,9,16H,7-8,10H2,1-3H3/b12-4+/t16-/m1/s1. The van der Waals surface area contributed by atoms with E-state index in [9.17, 15) is 14.0 Å². The van der Waals surface area contributed by atoms with Crippen molar-refractivity contribution in [2.45, 2.75) is 39.7 Å². The number of aryl methyl sites for hydroxylation is 1. The van der Waals surface area contributed by atoms with E-state index in [1.807, 2.05) is 0 Å². The third kappa shape index (κ3) is 3.53. The molecule has 118 valence electrons. The molecular weight excluding hydrogens is 285 g/mol. The number of halogens is 1. The molecular formula is C17H20FNO3. The molecule has 0 N–H and O–H groups in total. The highest BCUT2D eigenvalue weighted by molar-refractivity contribution is 5.83. The highest BCUT2D eigenvalue weighted by atomic mass is 19.1. The quantitative estimate of drug-likeness (QED) is 0.778. The first-order valence-electron chi connectivity index (χ1n) is 7.31. The zero-order chi connectivity index (χ0) is 16.3. The molecule has 0 spiro atoms. The predicted octanol–water partition coefficient (Wildman–Crippen LogP) is 3.90. The molecule has 0 unspecified atom stereocenters. The zero-order valence-electron chi connectivity index (χ0n) is 13.1. The van der Waals surface area contributed by atoms with Gasteiger partial charge < -0.3 is 4.74 Å². The second-order valence-corrected chi connectivity index (χ2v) is 5.47. The van der Waals surface area contributed by atoms with Gasteiger partial charge >= 0.3 is 6.09 Å². The summed E-state index contributed by atoms with van der Waals surface area (Å²) in [7, 11) is 0. The van der Waals surface area contributed by atoms with Crippen LogP contribution in [0, 0.1) is 12.7 Å². The van der Waals surface area contributed by atoms with Crippen LogP contribution in [0.3, 0.4) is 0 Å². The van der Waals surface area contributed by atoms with E-state index >= 15 is 0 Å². The van der Waals surface area contributed by atoms with E-state index in [0.717, 1.165) is 11.1 Å². The van der Waals surface area contributed by atoms with Crippen LogP contribution in [0.2, 0.25) is 0 Å². The second-order valence-electron chi connectivity index (χ2n) is 5.47. The average molecular weight is 305 g/mol. The third-order valence-electron chi connectivity index (χ3n) is 3.91. The SMILES string of the molecule is C/C=C(\C)OC(=O)N1CCC(=O)C[C@@H]1c1ccc(F)cc1C. The van der Waals surface area contributed by atoms with Gasteiger partial charge in [-0.05, 0) is 50.1 Å². The van der Waals surface area contributed by atoms with Gasteiger partial charge in [0.2, 0.25) is 0 Å². The molecule has 1 aromatic rings. The van der Waals surface area contributed by atoms with E-state index in [1.54, 1.807) is 37.8 Å². The van der Waals surface area contributed by atoms with Gasteiger partial charge in [0.05, 0.1) is 6.04 Å². The topological polar surface area (TPSA) is 46.6 Å². The van der Waals surface area contributed by atoms with Crippen LogP contribution in [-0.4, -0.2) is 23.3 Å². The van der Waals surface area contributed by atoms with Crippen LogP contribution in [0.15, 0.2) is 30.0 Å². The Morgan fingerprint density at radius 3 is 2.82 bits per heavy atom. The normalized spacial score (nSPS) is 19.3. The molecule has 0 aromatic heterocycles. The Kier molecular flexibility index (Phi) is 4.96. The van der Waals surface area contributed by atoms with Crippen LogP contribution < -0.4 is 0 Å². The smallest absolute Gasteiger partial charge is 0.415 e. The number of carbonyl (C=O) groups is 2. The largest absolute Gasteiger partial charge is 0.415 e. The van der Waals surface area contributed by atoms with Crippen LogP contribution in [-0.2, 0) is 9.53 Å². The predicted molar refractivity (Wildman–Crippen MR) is 80.7 cm³/mol. The lowest BCUT2D eigenvalue weighted by Crippen LogP contribution is -2.41. The number of piperidine rings is 1. The molecule has 5 heteroatoms. The maximum Gasteiger partial charge on any atom is 0.415 e. The minimum Gasteiger partial charge on any atom is -0.415 e. The third-order valence-corrected chi connectivity index (χ3v) is 3.91. The summed E-state index contributed by atoms with van der Waals surface area (Å²) < 4.78 is 18.5. The lowest BCUT2D eigenvalue weighted by molar-refractivity contribution is -0.122. The number of Topliss-reactive ketones (excluding diaryl/α,β-unsaturated/α-hetero) is 1. The molecule has 0 saturated carbocycles. The Labute approximate surface area is 129 Å². The van der Waals surface area contributed by atoms with E-state index in [2.05, 4.69) is 0 Å². The van der Waals surface area contributed by atoms with Crippen LogP contribution in [0.5, 0.6) is 0 Å². The van der Waals surface area contributed by atoms with E-state index in [-0.39, 0.29) is 18.0 Å². The van der Waals surface area contributed by atoms with Gasteiger partial charge in [0.25, 0.3) is 0 Å². The van der Waals surface area contributed by atoms with Crippen LogP contribution in [0.4, 0.5) is 9.18 Å². The number of amides is 1. The molecule has 1 amide bonds. The first-order valence-corrected chi connectivity index (χ1v) is 7.31. The fourth-order valence-electron chi connectivity index (χ4n) is 2.59. The molecule has 0 bridgehead atoms. The van der Waals surface area contributed by atoms with Gasteiger partial charge in [-0.2, -0.15) is 0 Å². The molecule has 2 rings (SSSR count). The van der Waals surface area contributed by atoms with Crippen LogP contribution >= 0.6 is 0 Å². The van der Waals surface area contributed by atoms with Crippen molar-refractivity contribution >= 4 is 11.9 Å². The van der Waals surface area contributed by atoms with E-state index < -0.39 is 12.1 Å². The van der Waals surface area contributed by atoms with E-state index in [4.69, 9.17) is 4.74 Å². The number of hydrogen-bond acceptors (Lipinski definition) is 3. The minimum absolute atomic E-state index is 0.0977. The van der Waals surface area contributed by atoms with Crippen molar-refractivity contribution in [3.63, 3.8) is 0 Å². The lowest BCUT2D eigenvalue weighted by atomic mass is 9.92. The van der Waals surface area contributed by atoms with Crippen LogP contribution in [0.1, 0.15) is 43.9 Å². The van der Waals surface area contributed by atoms with Crippen LogP contribution in [0.25, 0.3) is 0 Å². The Balaban J connectivity index is 2.30. The Bertz CT molecular complexity index is 624. The number of nitrogens with zero attached hydrogens (tertiary/aromatic N) is 1. The van der Waals surface area contributed by atoms with E-state index in [1.165, 1.54) is 12.1 Å². The summed E-state index contributed by atoms with van der Waals surface area (Å²) >= 11 is 0. The molecule has 0 aliphatic carbocycles. The monoisotopic (exact) mass is 305 g/mol. The fraction of sp³-hybridized carbons (Fsp3) is 0.412. The van der Waals surface area contributed by atoms with Crippen molar-refractivity contribution in [2.24, 2.45) is 0 Å². The summed E-state index contributed by atoms with van der Waals surface area (Å²) in [6.07, 6.45) is 1.78. The maximum atomic E-state index is 13.3. The van der Waals surface area contributed by atoms with Crippen molar-refractivity contribution in [3.05, 3.63) is 47.0 Å². The Hall–Kier alpha value is -2.17. The number of ether oxygens (including phenoxy) is 1. The molecule has 1 atom stereocenters. The summed E-state index contributed by atoms with van der Waals surface area (Å²) in [6.45, 7) is 5.57. The number of allylic oxidation sites excluding steroid dienone is 2. The lowest BCUT2D eigenvalue weighted by Gasteiger charge is -2.35. The van der Waals surface area contributed by atoms with Gasteiger partial charge in [-0.1, -0.05) is 6.07 Å². The van der Waals surface area contributed by atoms with Crippen molar-refractivity contribution in [3.8, 4) is 0 Å². The molecule has 1 aliphatic rings. The number of rotatable bonds is 2. The molecule has 1 fully saturated rings. The van der Waals surface area contributed by atoms with Gasteiger partial charge in [0.1, 0.15) is 17.4 Å². The molecule has 22 heavy (non-hydrogen) atoms. The number of carbonyl (C=O) groups excluding carboxylic acids is 2. The molecule has 1 saturated heterocycles. The Morgan fingerprint density at radius 2 is 2.18 bits per heavy atom. The first kappa shape index (κ1) is 16.2. The minimum atomic E-state index is -0.475. The Morgan fingerprint density at radius 1 is 1.45 bits per heavy atom. The van der Waals surface area contributed by atoms with Gasteiger partial charge in [0.15, 0.2) is 0 Å². The van der Waals surface area contributed by atoms with Crippen molar-refractivity contribution < 1.29 is 18.7 Å². The summed E-state index contributed by atoms with van der Waals surface area (Å²) in [5.74, 6) is 0.277. The molecule has 1 aromatic carbocycles. The molecule has 1 heterocycles. The number of benzene rings is 1. The zero-order valence-corrected chi connectivity index (χ0v) is 13.1. The van der Waals surface area contributed by atoms with Gasteiger partial charge in [-0.25, -0.2) is 9.18 Å².